The number of nitrogens with zero attached hydrogens (tertiary/aromatic N) is 3. The summed E-state index contributed by atoms with van der Waals surface area (Å²) in [4.78, 5) is 24.2. The van der Waals surface area contributed by atoms with E-state index in [1.807, 2.05) is 67.7 Å². The topological polar surface area (TPSA) is 88.9 Å². The van der Waals surface area contributed by atoms with Gasteiger partial charge in [0.05, 0.1) is 18.7 Å². The molecule has 156 valence electrons. The molecule has 0 aliphatic heterocycles. The highest BCUT2D eigenvalue weighted by Crippen LogP contribution is 2.15. The second-order valence-electron chi connectivity index (χ2n) is 6.77. The Labute approximate surface area is 180 Å². The normalized spacial score (nSPS) is 10.6. The summed E-state index contributed by atoms with van der Waals surface area (Å²) in [5, 5.41) is 14.7. The molecule has 0 aliphatic carbocycles. The molecule has 8 heteroatoms. The van der Waals surface area contributed by atoms with Crippen molar-refractivity contribution in [3.8, 4) is 0 Å². The largest absolute Gasteiger partial charge is 0.355 e. The molecule has 2 amide bonds. The maximum atomic E-state index is 12.1. The third-order valence-electron chi connectivity index (χ3n) is 4.49. The molecule has 0 atom stereocenters. The molecule has 30 heavy (non-hydrogen) atoms. The molecule has 0 unspecified atom stereocenters. The molecule has 0 saturated carbocycles. The van der Waals surface area contributed by atoms with Crippen molar-refractivity contribution in [2.45, 2.75) is 24.5 Å². The Morgan fingerprint density at radius 2 is 1.57 bits per heavy atom. The first-order chi connectivity index (χ1) is 14.6. The molecule has 0 spiro atoms. The van der Waals surface area contributed by atoms with Gasteiger partial charge in [-0.15, -0.1) is 10.2 Å². The zero-order valence-corrected chi connectivity index (χ0v) is 17.7. The van der Waals surface area contributed by atoms with E-state index in [2.05, 4.69) is 20.8 Å². The van der Waals surface area contributed by atoms with E-state index < -0.39 is 0 Å². The third-order valence-corrected chi connectivity index (χ3v) is 5.51. The second kappa shape index (κ2) is 11.2. The number of benzene rings is 2. The smallest absolute Gasteiger partial charge is 0.230 e. The number of aromatic nitrogens is 3. The Bertz CT molecular complexity index is 960. The van der Waals surface area contributed by atoms with Gasteiger partial charge in [-0.2, -0.15) is 0 Å². The summed E-state index contributed by atoms with van der Waals surface area (Å²) in [6.45, 7) is 0.889. The third kappa shape index (κ3) is 6.73. The zero-order valence-electron chi connectivity index (χ0n) is 16.9. The van der Waals surface area contributed by atoms with E-state index in [-0.39, 0.29) is 17.6 Å². The van der Waals surface area contributed by atoms with Crippen LogP contribution in [0.4, 0.5) is 0 Å². The van der Waals surface area contributed by atoms with Crippen LogP contribution in [0.3, 0.4) is 0 Å². The van der Waals surface area contributed by atoms with Crippen molar-refractivity contribution in [1.82, 2.24) is 25.4 Å². The monoisotopic (exact) mass is 423 g/mol. The highest BCUT2D eigenvalue weighted by Gasteiger charge is 2.12. The summed E-state index contributed by atoms with van der Waals surface area (Å²) in [5.74, 6) is 0.789. The molecule has 3 rings (SSSR count). The lowest BCUT2D eigenvalue weighted by Crippen LogP contribution is -2.27. The summed E-state index contributed by atoms with van der Waals surface area (Å²) < 4.78 is 1.80. The lowest BCUT2D eigenvalue weighted by Gasteiger charge is -2.07. The zero-order chi connectivity index (χ0) is 21.2. The number of thioether (sulfide) groups is 1. The Balaban J connectivity index is 1.39. The van der Waals surface area contributed by atoms with Crippen LogP contribution in [0.15, 0.2) is 65.8 Å². The van der Waals surface area contributed by atoms with E-state index >= 15 is 0 Å². The van der Waals surface area contributed by atoms with Crippen molar-refractivity contribution in [3.05, 3.63) is 77.6 Å². The Hall–Kier alpha value is -3.13. The Kier molecular flexibility index (Phi) is 8.02. The fraction of sp³-hybridized carbons (Fsp3) is 0.273. The highest BCUT2D eigenvalue weighted by molar-refractivity contribution is 7.99. The van der Waals surface area contributed by atoms with Crippen LogP contribution < -0.4 is 10.6 Å². The summed E-state index contributed by atoms with van der Waals surface area (Å²) in [5.41, 5.74) is 2.15. The number of carbonyl (C=O) groups excluding carboxylic acids is 2. The maximum absolute atomic E-state index is 12.1. The van der Waals surface area contributed by atoms with Crippen LogP contribution in [-0.2, 0) is 36.0 Å². The number of rotatable bonds is 10. The van der Waals surface area contributed by atoms with Gasteiger partial charge in [0, 0.05) is 13.6 Å². The van der Waals surface area contributed by atoms with Crippen LogP contribution in [0, 0.1) is 0 Å². The lowest BCUT2D eigenvalue weighted by atomic mass is 10.1. The summed E-state index contributed by atoms with van der Waals surface area (Å²) in [6, 6.07) is 19.6. The van der Waals surface area contributed by atoms with E-state index in [4.69, 9.17) is 0 Å². The Morgan fingerprint density at radius 1 is 0.900 bits per heavy atom. The number of amides is 2. The van der Waals surface area contributed by atoms with Crippen molar-refractivity contribution in [2.75, 3.05) is 12.3 Å². The first kappa shape index (κ1) is 21.6. The molecular formula is C22H25N5O2S. The van der Waals surface area contributed by atoms with Gasteiger partial charge >= 0.3 is 0 Å². The van der Waals surface area contributed by atoms with Crippen LogP contribution in [0.5, 0.6) is 0 Å². The average Bonchev–Trinajstić information content (AvgIpc) is 3.12. The minimum absolute atomic E-state index is 0.0448. The fourth-order valence-corrected chi connectivity index (χ4v) is 3.58. The van der Waals surface area contributed by atoms with Gasteiger partial charge in [0.2, 0.25) is 11.8 Å². The van der Waals surface area contributed by atoms with Crippen LogP contribution in [-0.4, -0.2) is 38.9 Å². The minimum atomic E-state index is -0.0730. The molecule has 1 aromatic heterocycles. The first-order valence-electron chi connectivity index (χ1n) is 9.74. The molecule has 7 nitrogen and oxygen atoms in total. The van der Waals surface area contributed by atoms with Gasteiger partial charge in [0.1, 0.15) is 0 Å². The van der Waals surface area contributed by atoms with Crippen molar-refractivity contribution in [1.29, 1.82) is 0 Å². The van der Waals surface area contributed by atoms with Crippen molar-refractivity contribution < 1.29 is 9.59 Å². The molecule has 0 fully saturated rings. The molecule has 2 aromatic carbocycles. The standard InChI is InChI=1S/C22H25N5O2S/c1-27-19(15-24-20(28)14-18-10-6-3-7-11-18)25-26-22(27)30-16-21(29)23-13-12-17-8-4-2-5-9-17/h2-11H,12-16H2,1H3,(H,23,29)(H,24,28). The molecule has 2 N–H and O–H groups in total. The molecular weight excluding hydrogens is 398 g/mol. The van der Waals surface area contributed by atoms with E-state index in [1.54, 1.807) is 4.57 Å². The second-order valence-corrected chi connectivity index (χ2v) is 7.71. The maximum Gasteiger partial charge on any atom is 0.230 e. The van der Waals surface area contributed by atoms with Gasteiger partial charge in [0.15, 0.2) is 11.0 Å². The van der Waals surface area contributed by atoms with Crippen LogP contribution in [0.25, 0.3) is 0 Å². The minimum Gasteiger partial charge on any atom is -0.355 e. The number of hydrogen-bond acceptors (Lipinski definition) is 5. The summed E-state index contributed by atoms with van der Waals surface area (Å²) >= 11 is 1.32. The van der Waals surface area contributed by atoms with Gasteiger partial charge in [-0.25, -0.2) is 0 Å². The number of carbonyl (C=O) groups is 2. The quantitative estimate of drug-likeness (QED) is 0.488. The van der Waals surface area contributed by atoms with E-state index in [0.717, 1.165) is 12.0 Å². The van der Waals surface area contributed by atoms with Gasteiger partial charge in [0.25, 0.3) is 0 Å². The fourth-order valence-electron chi connectivity index (χ4n) is 2.82. The molecule has 0 bridgehead atoms. The number of nitrogens with one attached hydrogen (secondary N) is 2. The van der Waals surface area contributed by atoms with Crippen molar-refractivity contribution in [2.24, 2.45) is 7.05 Å². The van der Waals surface area contributed by atoms with Crippen LogP contribution in [0.2, 0.25) is 0 Å². The van der Waals surface area contributed by atoms with E-state index in [1.165, 1.54) is 17.3 Å². The van der Waals surface area contributed by atoms with Crippen molar-refractivity contribution >= 4 is 23.6 Å². The predicted octanol–water partition coefficient (Wildman–Crippen LogP) is 2.12. The lowest BCUT2D eigenvalue weighted by molar-refractivity contribution is -0.120. The van der Waals surface area contributed by atoms with Crippen LogP contribution >= 0.6 is 11.8 Å². The van der Waals surface area contributed by atoms with Gasteiger partial charge in [-0.3, -0.25) is 9.59 Å². The molecule has 1 heterocycles. The highest BCUT2D eigenvalue weighted by atomic mass is 32.2. The van der Waals surface area contributed by atoms with E-state index in [9.17, 15) is 9.59 Å². The summed E-state index contributed by atoms with van der Waals surface area (Å²) in [7, 11) is 1.83. The first-order valence-corrected chi connectivity index (χ1v) is 10.7. The Morgan fingerprint density at radius 3 is 2.27 bits per heavy atom. The SMILES string of the molecule is Cn1c(CNC(=O)Cc2ccccc2)nnc1SCC(=O)NCCc1ccccc1. The molecule has 3 aromatic rings. The molecule has 0 saturated heterocycles. The van der Waals surface area contributed by atoms with Gasteiger partial charge in [-0.05, 0) is 17.5 Å². The molecule has 0 radical (unpaired) electrons. The van der Waals surface area contributed by atoms with Gasteiger partial charge in [-0.1, -0.05) is 72.4 Å². The van der Waals surface area contributed by atoms with Crippen LogP contribution in [0.1, 0.15) is 17.0 Å². The average molecular weight is 424 g/mol. The van der Waals surface area contributed by atoms with Crippen molar-refractivity contribution in [3.63, 3.8) is 0 Å². The predicted molar refractivity (Wildman–Crippen MR) is 117 cm³/mol. The van der Waals surface area contributed by atoms with Gasteiger partial charge < -0.3 is 15.2 Å². The number of hydrogen-bond donors (Lipinski definition) is 2. The van der Waals surface area contributed by atoms with E-state index in [0.29, 0.717) is 30.5 Å². The molecule has 0 aliphatic rings. The summed E-state index contributed by atoms with van der Waals surface area (Å²) in [6.07, 6.45) is 1.12.